The zero-order valence-electron chi connectivity index (χ0n) is 9.54. The van der Waals surface area contributed by atoms with Crippen LogP contribution in [-0.2, 0) is 0 Å². The Labute approximate surface area is 116 Å². The van der Waals surface area contributed by atoms with Crippen molar-refractivity contribution in [3.63, 3.8) is 0 Å². The number of rotatable bonds is 4. The Balaban J connectivity index is 2.39. The second kappa shape index (κ2) is 5.63. The highest BCUT2D eigenvalue weighted by Gasteiger charge is 2.18. The Morgan fingerprint density at radius 3 is 2.79 bits per heavy atom. The molecule has 0 fully saturated rings. The van der Waals surface area contributed by atoms with Gasteiger partial charge in [-0.05, 0) is 24.3 Å². The summed E-state index contributed by atoms with van der Waals surface area (Å²) >= 11 is 3.28. The quantitative estimate of drug-likeness (QED) is 0.509. The minimum atomic E-state index is -0.569. The van der Waals surface area contributed by atoms with E-state index in [-0.39, 0.29) is 17.4 Å². The van der Waals surface area contributed by atoms with Gasteiger partial charge in [0.25, 0.3) is 0 Å². The zero-order valence-corrected chi connectivity index (χ0v) is 11.1. The van der Waals surface area contributed by atoms with Crippen LogP contribution in [0.1, 0.15) is 0 Å². The fraction of sp³-hybridized carbons (Fsp3) is 0. The molecule has 0 saturated heterocycles. The van der Waals surface area contributed by atoms with Crippen molar-refractivity contribution in [1.29, 1.82) is 0 Å². The van der Waals surface area contributed by atoms with Gasteiger partial charge in [-0.1, -0.05) is 22.0 Å². The Morgan fingerprint density at radius 2 is 2.16 bits per heavy atom. The number of benzene rings is 1. The van der Waals surface area contributed by atoms with Gasteiger partial charge in [0, 0.05) is 10.5 Å². The predicted molar refractivity (Wildman–Crippen MR) is 72.9 cm³/mol. The van der Waals surface area contributed by atoms with E-state index in [1.165, 1.54) is 12.1 Å². The van der Waals surface area contributed by atoms with Gasteiger partial charge in [-0.15, -0.1) is 0 Å². The molecular weight excluding hydrogens is 316 g/mol. The van der Waals surface area contributed by atoms with E-state index in [1.54, 1.807) is 18.2 Å². The van der Waals surface area contributed by atoms with Crippen molar-refractivity contribution in [2.75, 3.05) is 5.43 Å². The molecule has 8 heteroatoms. The average Bonchev–Trinajstić information content (AvgIpc) is 2.38. The number of hydrogen-bond donors (Lipinski definition) is 2. The lowest BCUT2D eigenvalue weighted by atomic mass is 10.3. The number of hydrazine groups is 1. The molecule has 0 saturated carbocycles. The highest BCUT2D eigenvalue weighted by Crippen LogP contribution is 2.31. The first-order valence-corrected chi connectivity index (χ1v) is 5.95. The molecule has 0 aliphatic carbocycles. The zero-order chi connectivity index (χ0) is 13.8. The number of nitrogens with one attached hydrogen (secondary N) is 1. The van der Waals surface area contributed by atoms with Crippen LogP contribution in [-0.4, -0.2) is 9.91 Å². The number of ether oxygens (including phenoxy) is 1. The molecule has 1 aromatic heterocycles. The molecule has 19 heavy (non-hydrogen) atoms. The van der Waals surface area contributed by atoms with Gasteiger partial charge in [-0.3, -0.25) is 10.1 Å². The number of nitrogens with two attached hydrogens (primary N) is 1. The molecule has 0 amide bonds. The van der Waals surface area contributed by atoms with Crippen molar-refractivity contribution in [3.8, 4) is 11.6 Å². The maximum Gasteiger partial charge on any atom is 0.331 e. The summed E-state index contributed by atoms with van der Waals surface area (Å²) in [5.74, 6) is 5.79. The summed E-state index contributed by atoms with van der Waals surface area (Å²) < 4.78 is 6.21. The van der Waals surface area contributed by atoms with Gasteiger partial charge in [-0.2, -0.15) is 4.98 Å². The minimum Gasteiger partial charge on any atom is -0.434 e. The molecule has 1 aromatic carbocycles. The molecule has 1 heterocycles. The first kappa shape index (κ1) is 13.2. The Hall–Kier alpha value is -2.19. The maximum atomic E-state index is 10.9. The van der Waals surface area contributed by atoms with Crippen LogP contribution in [0.4, 0.5) is 11.5 Å². The molecule has 0 spiro atoms. The number of nitrogen functional groups attached to an aromatic ring is 1. The summed E-state index contributed by atoms with van der Waals surface area (Å²) in [6.45, 7) is 0. The van der Waals surface area contributed by atoms with E-state index in [1.807, 2.05) is 6.07 Å². The van der Waals surface area contributed by atoms with Crippen LogP contribution in [0.15, 0.2) is 40.9 Å². The van der Waals surface area contributed by atoms with Gasteiger partial charge in [0.2, 0.25) is 0 Å². The van der Waals surface area contributed by atoms with Crippen molar-refractivity contribution in [3.05, 3.63) is 51.0 Å². The van der Waals surface area contributed by atoms with Gasteiger partial charge >= 0.3 is 11.6 Å². The van der Waals surface area contributed by atoms with E-state index in [0.717, 1.165) is 4.47 Å². The van der Waals surface area contributed by atoms with Crippen molar-refractivity contribution in [1.82, 2.24) is 4.98 Å². The maximum absolute atomic E-state index is 10.9. The van der Waals surface area contributed by atoms with Gasteiger partial charge in [0.05, 0.1) is 4.92 Å². The molecule has 0 aliphatic rings. The largest absolute Gasteiger partial charge is 0.434 e. The van der Waals surface area contributed by atoms with E-state index in [2.05, 4.69) is 26.3 Å². The molecule has 0 unspecified atom stereocenters. The second-order valence-electron chi connectivity index (χ2n) is 3.48. The van der Waals surface area contributed by atoms with Gasteiger partial charge in [0.15, 0.2) is 0 Å². The van der Waals surface area contributed by atoms with E-state index in [9.17, 15) is 10.1 Å². The number of hydrogen-bond acceptors (Lipinski definition) is 6. The van der Waals surface area contributed by atoms with Crippen LogP contribution in [0, 0.1) is 10.1 Å². The third-order valence-corrected chi connectivity index (χ3v) is 2.69. The Morgan fingerprint density at radius 1 is 1.37 bits per heavy atom. The highest BCUT2D eigenvalue weighted by atomic mass is 79.9. The summed E-state index contributed by atoms with van der Waals surface area (Å²) in [7, 11) is 0. The van der Waals surface area contributed by atoms with Gasteiger partial charge in [0.1, 0.15) is 11.6 Å². The average molecular weight is 325 g/mol. The van der Waals surface area contributed by atoms with Gasteiger partial charge in [-0.25, -0.2) is 5.84 Å². The van der Waals surface area contributed by atoms with Crippen LogP contribution in [0.2, 0.25) is 0 Å². The van der Waals surface area contributed by atoms with Crippen LogP contribution < -0.4 is 16.0 Å². The highest BCUT2D eigenvalue weighted by molar-refractivity contribution is 9.10. The van der Waals surface area contributed by atoms with E-state index in [0.29, 0.717) is 5.75 Å². The first-order valence-electron chi connectivity index (χ1n) is 5.15. The summed E-state index contributed by atoms with van der Waals surface area (Å²) in [6.07, 6.45) is 0. The molecule has 0 atom stereocenters. The summed E-state index contributed by atoms with van der Waals surface area (Å²) in [4.78, 5) is 14.3. The second-order valence-corrected chi connectivity index (χ2v) is 4.40. The molecule has 98 valence electrons. The normalized spacial score (nSPS) is 10.0. The predicted octanol–water partition coefficient (Wildman–Crippen LogP) is 2.83. The molecule has 7 nitrogen and oxygen atoms in total. The van der Waals surface area contributed by atoms with Crippen LogP contribution in [0.5, 0.6) is 11.6 Å². The van der Waals surface area contributed by atoms with E-state index >= 15 is 0 Å². The van der Waals surface area contributed by atoms with E-state index in [4.69, 9.17) is 10.6 Å². The molecule has 3 N–H and O–H groups in total. The summed E-state index contributed by atoms with van der Waals surface area (Å²) in [5, 5.41) is 10.9. The third-order valence-electron chi connectivity index (χ3n) is 2.20. The van der Waals surface area contributed by atoms with Crippen molar-refractivity contribution >= 4 is 27.4 Å². The Bertz CT molecular complexity index is 621. The molecule has 2 aromatic rings. The van der Waals surface area contributed by atoms with Crippen LogP contribution in [0.3, 0.4) is 0 Å². The van der Waals surface area contributed by atoms with Crippen LogP contribution >= 0.6 is 15.9 Å². The first-order chi connectivity index (χ1) is 9.10. The Kier molecular flexibility index (Phi) is 3.93. The lowest BCUT2D eigenvalue weighted by molar-refractivity contribution is -0.386. The van der Waals surface area contributed by atoms with E-state index < -0.39 is 4.92 Å². The lowest BCUT2D eigenvalue weighted by Gasteiger charge is -2.07. The SMILES string of the molecule is NNc1ccc([N+](=O)[O-])c(Oc2cccc(Br)c2)n1. The molecule has 2 rings (SSSR count). The number of anilines is 1. The molecule has 0 aliphatic heterocycles. The fourth-order valence-electron chi connectivity index (χ4n) is 1.37. The molecular formula is C11H9BrN4O3. The lowest BCUT2D eigenvalue weighted by Crippen LogP contribution is -2.09. The number of nitro groups is 1. The summed E-state index contributed by atoms with van der Waals surface area (Å²) in [6, 6.07) is 9.57. The molecule has 0 bridgehead atoms. The van der Waals surface area contributed by atoms with Crippen LogP contribution in [0.25, 0.3) is 0 Å². The molecule has 0 radical (unpaired) electrons. The van der Waals surface area contributed by atoms with Crippen molar-refractivity contribution < 1.29 is 9.66 Å². The number of halogens is 1. The third kappa shape index (κ3) is 3.18. The summed E-state index contributed by atoms with van der Waals surface area (Å²) in [5.41, 5.74) is 2.07. The van der Waals surface area contributed by atoms with Gasteiger partial charge < -0.3 is 10.2 Å². The fourth-order valence-corrected chi connectivity index (χ4v) is 1.75. The minimum absolute atomic E-state index is 0.126. The van der Waals surface area contributed by atoms with Crippen molar-refractivity contribution in [2.24, 2.45) is 5.84 Å². The standard InChI is InChI=1S/C11H9BrN4O3/c12-7-2-1-3-8(6-7)19-11-9(16(17)18)4-5-10(14-11)15-13/h1-6H,13H2,(H,14,15). The monoisotopic (exact) mass is 324 g/mol. The topological polar surface area (TPSA) is 103 Å². The van der Waals surface area contributed by atoms with Crippen molar-refractivity contribution in [2.45, 2.75) is 0 Å². The number of pyridine rings is 1. The number of nitrogens with zero attached hydrogens (tertiary/aromatic N) is 2. The number of aromatic nitrogens is 1. The smallest absolute Gasteiger partial charge is 0.331 e.